The van der Waals surface area contributed by atoms with E-state index in [-0.39, 0.29) is 11.7 Å². The lowest BCUT2D eigenvalue weighted by Gasteiger charge is -2.31. The van der Waals surface area contributed by atoms with Crippen LogP contribution in [0, 0.1) is 0 Å². The standard InChI is InChI=1S/C17H16BrNO4/c1-10-12-9-15(22-3)14(21-2)8-11(12)6-7-19(10)17(20)13-4-5-16(18)23-13/h4-5,8-9H,1,6-7H2,2-3H3. The second-order valence-corrected chi connectivity index (χ2v) is 5.90. The normalized spacial score (nSPS) is 13.7. The number of halogens is 1. The molecule has 0 aliphatic carbocycles. The van der Waals surface area contributed by atoms with Gasteiger partial charge in [-0.3, -0.25) is 4.79 Å². The van der Waals surface area contributed by atoms with Gasteiger partial charge in [-0.15, -0.1) is 0 Å². The van der Waals surface area contributed by atoms with E-state index >= 15 is 0 Å². The molecule has 3 rings (SSSR count). The van der Waals surface area contributed by atoms with Gasteiger partial charge >= 0.3 is 0 Å². The highest BCUT2D eigenvalue weighted by Crippen LogP contribution is 2.37. The monoisotopic (exact) mass is 377 g/mol. The molecule has 0 atom stereocenters. The van der Waals surface area contributed by atoms with E-state index in [1.54, 1.807) is 31.3 Å². The highest BCUT2D eigenvalue weighted by atomic mass is 79.9. The summed E-state index contributed by atoms with van der Waals surface area (Å²) in [5.41, 5.74) is 2.59. The van der Waals surface area contributed by atoms with E-state index in [1.807, 2.05) is 12.1 Å². The summed E-state index contributed by atoms with van der Waals surface area (Å²) in [6.45, 7) is 4.62. The minimum absolute atomic E-state index is 0.207. The first kappa shape index (κ1) is 15.7. The molecule has 120 valence electrons. The lowest BCUT2D eigenvalue weighted by Crippen LogP contribution is -2.34. The fourth-order valence-electron chi connectivity index (χ4n) is 2.70. The van der Waals surface area contributed by atoms with Gasteiger partial charge in [0, 0.05) is 17.8 Å². The molecule has 1 amide bonds. The maximum absolute atomic E-state index is 12.6. The topological polar surface area (TPSA) is 51.9 Å². The third-order valence-corrected chi connectivity index (χ3v) is 4.31. The summed E-state index contributed by atoms with van der Waals surface area (Å²) in [6.07, 6.45) is 0.711. The van der Waals surface area contributed by atoms with E-state index in [4.69, 9.17) is 13.9 Å². The molecular weight excluding hydrogens is 362 g/mol. The number of benzene rings is 1. The molecule has 2 heterocycles. The molecule has 1 aliphatic heterocycles. The van der Waals surface area contributed by atoms with E-state index < -0.39 is 0 Å². The molecular formula is C17H16BrNO4. The third-order valence-electron chi connectivity index (χ3n) is 3.88. The highest BCUT2D eigenvalue weighted by molar-refractivity contribution is 9.10. The van der Waals surface area contributed by atoms with Crippen molar-refractivity contribution >= 4 is 27.5 Å². The van der Waals surface area contributed by atoms with Crippen LogP contribution in [0.5, 0.6) is 11.5 Å². The van der Waals surface area contributed by atoms with Crippen molar-refractivity contribution < 1.29 is 18.7 Å². The van der Waals surface area contributed by atoms with E-state index in [0.717, 1.165) is 11.1 Å². The molecule has 0 radical (unpaired) electrons. The Kier molecular flexibility index (Phi) is 4.17. The Balaban J connectivity index is 1.95. The van der Waals surface area contributed by atoms with Crippen LogP contribution >= 0.6 is 15.9 Å². The van der Waals surface area contributed by atoms with Crippen LogP contribution in [0.2, 0.25) is 0 Å². The van der Waals surface area contributed by atoms with Gasteiger partial charge in [0.05, 0.1) is 14.2 Å². The molecule has 1 aromatic carbocycles. The summed E-state index contributed by atoms with van der Waals surface area (Å²) in [5, 5.41) is 0. The van der Waals surface area contributed by atoms with E-state index in [2.05, 4.69) is 22.5 Å². The molecule has 0 bridgehead atoms. The number of ether oxygens (including phenoxy) is 2. The summed E-state index contributed by atoms with van der Waals surface area (Å²) in [5.74, 6) is 1.36. The minimum Gasteiger partial charge on any atom is -0.493 e. The number of hydrogen-bond donors (Lipinski definition) is 0. The molecule has 2 aromatic rings. The van der Waals surface area contributed by atoms with Crippen LogP contribution in [0.4, 0.5) is 0 Å². The summed E-state index contributed by atoms with van der Waals surface area (Å²) in [4.78, 5) is 14.2. The van der Waals surface area contributed by atoms with Crippen LogP contribution < -0.4 is 9.47 Å². The van der Waals surface area contributed by atoms with Crippen molar-refractivity contribution in [3.63, 3.8) is 0 Å². The van der Waals surface area contributed by atoms with Gasteiger partial charge in [-0.25, -0.2) is 0 Å². The predicted molar refractivity (Wildman–Crippen MR) is 89.7 cm³/mol. The second kappa shape index (κ2) is 6.12. The van der Waals surface area contributed by atoms with Crippen LogP contribution in [-0.4, -0.2) is 31.6 Å². The zero-order chi connectivity index (χ0) is 16.6. The first-order valence-corrected chi connectivity index (χ1v) is 7.86. The number of amides is 1. The van der Waals surface area contributed by atoms with Crippen LogP contribution in [0.15, 0.2) is 39.9 Å². The smallest absolute Gasteiger partial charge is 0.294 e. The second-order valence-electron chi connectivity index (χ2n) is 5.12. The van der Waals surface area contributed by atoms with Gasteiger partial charge in [0.25, 0.3) is 5.91 Å². The number of fused-ring (bicyclic) bond motifs is 1. The maximum Gasteiger partial charge on any atom is 0.294 e. The average molecular weight is 378 g/mol. The van der Waals surface area contributed by atoms with Crippen LogP contribution in [0.25, 0.3) is 5.70 Å². The molecule has 5 nitrogen and oxygen atoms in total. The Morgan fingerprint density at radius 3 is 2.57 bits per heavy atom. The fraction of sp³-hybridized carbons (Fsp3) is 0.235. The van der Waals surface area contributed by atoms with Gasteiger partial charge in [-0.1, -0.05) is 6.58 Å². The zero-order valence-electron chi connectivity index (χ0n) is 12.9. The van der Waals surface area contributed by atoms with Gasteiger partial charge in [0.1, 0.15) is 0 Å². The Hall–Kier alpha value is -2.21. The van der Waals surface area contributed by atoms with Crippen molar-refractivity contribution in [2.45, 2.75) is 6.42 Å². The van der Waals surface area contributed by atoms with Gasteiger partial charge in [0.2, 0.25) is 0 Å². The fourth-order valence-corrected chi connectivity index (χ4v) is 3.00. The quantitative estimate of drug-likeness (QED) is 0.817. The number of furan rings is 1. The van der Waals surface area contributed by atoms with Gasteiger partial charge in [-0.2, -0.15) is 0 Å². The number of carbonyl (C=O) groups is 1. The molecule has 0 N–H and O–H groups in total. The summed E-state index contributed by atoms with van der Waals surface area (Å²) in [7, 11) is 3.19. The van der Waals surface area contributed by atoms with Gasteiger partial charge in [-0.05, 0) is 52.2 Å². The third kappa shape index (κ3) is 2.74. The predicted octanol–water partition coefficient (Wildman–Crippen LogP) is 3.73. The molecule has 23 heavy (non-hydrogen) atoms. The van der Waals surface area contributed by atoms with Crippen LogP contribution in [0.1, 0.15) is 21.7 Å². The number of rotatable bonds is 3. The Bertz CT molecular complexity index is 781. The molecule has 0 saturated heterocycles. The lowest BCUT2D eigenvalue weighted by atomic mass is 9.96. The molecule has 0 saturated carbocycles. The minimum atomic E-state index is -0.207. The maximum atomic E-state index is 12.6. The Morgan fingerprint density at radius 2 is 1.96 bits per heavy atom. The summed E-state index contributed by atoms with van der Waals surface area (Å²) in [6, 6.07) is 7.13. The lowest BCUT2D eigenvalue weighted by molar-refractivity contribution is 0.0801. The molecule has 1 aliphatic rings. The average Bonchev–Trinajstić information content (AvgIpc) is 3.00. The van der Waals surface area contributed by atoms with Crippen molar-refractivity contribution in [2.75, 3.05) is 20.8 Å². The van der Waals surface area contributed by atoms with Crippen molar-refractivity contribution in [1.82, 2.24) is 4.90 Å². The van der Waals surface area contributed by atoms with Crippen molar-refractivity contribution in [3.8, 4) is 11.5 Å². The summed E-state index contributed by atoms with van der Waals surface area (Å²) < 4.78 is 16.5. The number of carbonyl (C=O) groups excluding carboxylic acids is 1. The Morgan fingerprint density at radius 1 is 1.26 bits per heavy atom. The molecule has 1 aromatic heterocycles. The number of methoxy groups -OCH3 is 2. The number of hydrogen-bond acceptors (Lipinski definition) is 4. The highest BCUT2D eigenvalue weighted by Gasteiger charge is 2.28. The molecule has 6 heteroatoms. The van der Waals surface area contributed by atoms with E-state index in [1.165, 1.54) is 0 Å². The van der Waals surface area contributed by atoms with Crippen LogP contribution in [-0.2, 0) is 6.42 Å². The Labute approximate surface area is 142 Å². The SMILES string of the molecule is C=C1c2cc(OC)c(OC)cc2CCN1C(=O)c1ccc(Br)o1. The molecule has 0 unspecified atom stereocenters. The van der Waals surface area contributed by atoms with E-state index in [9.17, 15) is 4.79 Å². The van der Waals surface area contributed by atoms with Crippen molar-refractivity contribution in [3.05, 3.63) is 52.4 Å². The van der Waals surface area contributed by atoms with Crippen molar-refractivity contribution in [1.29, 1.82) is 0 Å². The molecule has 0 spiro atoms. The first-order valence-electron chi connectivity index (χ1n) is 7.06. The zero-order valence-corrected chi connectivity index (χ0v) is 14.5. The summed E-state index contributed by atoms with van der Waals surface area (Å²) >= 11 is 3.21. The van der Waals surface area contributed by atoms with Crippen molar-refractivity contribution in [2.24, 2.45) is 0 Å². The van der Waals surface area contributed by atoms with Crippen LogP contribution in [0.3, 0.4) is 0 Å². The molecule has 0 fully saturated rings. The van der Waals surface area contributed by atoms with Gasteiger partial charge in [0.15, 0.2) is 21.9 Å². The van der Waals surface area contributed by atoms with E-state index in [0.29, 0.717) is 34.8 Å². The number of nitrogens with zero attached hydrogens (tertiary/aromatic N) is 1. The van der Waals surface area contributed by atoms with Gasteiger partial charge < -0.3 is 18.8 Å². The first-order chi connectivity index (χ1) is 11.0. The largest absolute Gasteiger partial charge is 0.493 e.